The van der Waals surface area contributed by atoms with Crippen molar-refractivity contribution < 1.29 is 8.42 Å². The largest absolute Gasteiger partial charge is 0.368 e. The van der Waals surface area contributed by atoms with Gasteiger partial charge < -0.3 is 10.2 Å². The molecule has 1 aliphatic rings. The first kappa shape index (κ1) is 20.9. The number of benzene rings is 2. The summed E-state index contributed by atoms with van der Waals surface area (Å²) in [6.07, 6.45) is 1.77. The molecule has 0 saturated carbocycles. The monoisotopic (exact) mass is 437 g/mol. The van der Waals surface area contributed by atoms with Crippen LogP contribution < -0.4 is 10.2 Å². The minimum absolute atomic E-state index is 0. The summed E-state index contributed by atoms with van der Waals surface area (Å²) < 4.78 is 26.6. The molecule has 0 radical (unpaired) electrons. The number of piperazine rings is 1. The van der Waals surface area contributed by atoms with E-state index < -0.39 is 9.84 Å². The van der Waals surface area contributed by atoms with E-state index in [1.54, 1.807) is 49.5 Å². The number of fused-ring (bicyclic) bond motifs is 1. The van der Waals surface area contributed by atoms with E-state index in [4.69, 9.17) is 11.6 Å². The fourth-order valence-corrected chi connectivity index (χ4v) is 5.63. The second-order valence-corrected chi connectivity index (χ2v) is 8.93. The Bertz CT molecular complexity index is 1090. The second kappa shape index (κ2) is 8.25. The van der Waals surface area contributed by atoms with Crippen LogP contribution in [0.5, 0.6) is 0 Å². The summed E-state index contributed by atoms with van der Waals surface area (Å²) in [4.78, 5) is 7.06. The molecule has 1 fully saturated rings. The van der Waals surface area contributed by atoms with Crippen molar-refractivity contribution >= 4 is 50.4 Å². The molecule has 3 aromatic rings. The normalized spacial score (nSPS) is 14.7. The number of nitrogens with one attached hydrogen (secondary N) is 1. The van der Waals surface area contributed by atoms with Crippen molar-refractivity contribution in [1.82, 2.24) is 10.3 Å². The molecule has 0 amide bonds. The van der Waals surface area contributed by atoms with Gasteiger partial charge in [-0.25, -0.2) is 8.42 Å². The fraction of sp³-hybridized carbons (Fsp3) is 0.250. The number of hydrogen-bond donors (Lipinski definition) is 1. The van der Waals surface area contributed by atoms with E-state index in [1.165, 1.54) is 0 Å². The third-order valence-corrected chi connectivity index (χ3v) is 7.27. The third-order valence-electron chi connectivity index (χ3n) is 4.89. The van der Waals surface area contributed by atoms with Crippen molar-refractivity contribution in [3.63, 3.8) is 0 Å². The predicted octanol–water partition coefficient (Wildman–Crippen LogP) is 3.86. The van der Waals surface area contributed by atoms with E-state index >= 15 is 0 Å². The second-order valence-electron chi connectivity index (χ2n) is 6.64. The number of aromatic nitrogens is 1. The first-order valence-electron chi connectivity index (χ1n) is 8.83. The van der Waals surface area contributed by atoms with Gasteiger partial charge in [-0.3, -0.25) is 4.98 Å². The summed E-state index contributed by atoms with van der Waals surface area (Å²) in [6, 6.07) is 12.2. The van der Waals surface area contributed by atoms with E-state index in [1.807, 2.05) is 6.07 Å². The first-order valence-corrected chi connectivity index (χ1v) is 10.7. The maximum Gasteiger partial charge on any atom is 0.208 e. The number of hydrogen-bond acceptors (Lipinski definition) is 5. The molecule has 28 heavy (non-hydrogen) atoms. The molecule has 0 unspecified atom stereocenters. The van der Waals surface area contributed by atoms with Gasteiger partial charge in [0.15, 0.2) is 0 Å². The lowest BCUT2D eigenvalue weighted by Gasteiger charge is -2.30. The Hall–Kier alpha value is -1.86. The Balaban J connectivity index is 0.00000225. The van der Waals surface area contributed by atoms with Gasteiger partial charge in [-0.05, 0) is 42.8 Å². The van der Waals surface area contributed by atoms with Gasteiger partial charge in [0.1, 0.15) is 0 Å². The van der Waals surface area contributed by atoms with Gasteiger partial charge >= 0.3 is 0 Å². The van der Waals surface area contributed by atoms with Crippen molar-refractivity contribution in [2.45, 2.75) is 16.7 Å². The van der Waals surface area contributed by atoms with Crippen LogP contribution in [0, 0.1) is 6.92 Å². The maximum atomic E-state index is 13.3. The highest BCUT2D eigenvalue weighted by Gasteiger charge is 2.24. The van der Waals surface area contributed by atoms with Gasteiger partial charge in [0.2, 0.25) is 9.84 Å². The summed E-state index contributed by atoms with van der Waals surface area (Å²) in [5.41, 5.74) is 2.42. The molecule has 1 N–H and O–H groups in total. The minimum atomic E-state index is -3.73. The molecule has 5 nitrogen and oxygen atoms in total. The van der Waals surface area contributed by atoms with Crippen molar-refractivity contribution in [2.75, 3.05) is 31.1 Å². The SMILES string of the molecule is Cc1cccc(Cl)c1S(=O)(=O)c1ccc2nccc(N3CCNCC3)c2c1.Cl. The number of anilines is 1. The van der Waals surface area contributed by atoms with Crippen LogP contribution in [0.25, 0.3) is 10.9 Å². The Morgan fingerprint density at radius 1 is 1.11 bits per heavy atom. The quantitative estimate of drug-likeness (QED) is 0.673. The van der Waals surface area contributed by atoms with Gasteiger partial charge in [-0.1, -0.05) is 23.7 Å². The Kier molecular flexibility index (Phi) is 6.15. The van der Waals surface area contributed by atoms with Crippen molar-refractivity contribution in [1.29, 1.82) is 0 Å². The lowest BCUT2D eigenvalue weighted by Crippen LogP contribution is -2.43. The summed E-state index contributed by atoms with van der Waals surface area (Å²) in [5, 5.41) is 4.41. The molecule has 0 bridgehead atoms. The van der Waals surface area contributed by atoms with Gasteiger partial charge in [0.05, 0.1) is 20.3 Å². The van der Waals surface area contributed by atoms with Crippen LogP contribution >= 0.6 is 24.0 Å². The predicted molar refractivity (Wildman–Crippen MR) is 116 cm³/mol. The molecular formula is C20H21Cl2N3O2S. The standard InChI is InChI=1S/C20H20ClN3O2S.ClH/c1-14-3-2-4-17(21)20(14)27(25,26)15-5-6-18-16(13-15)19(7-8-23-18)24-11-9-22-10-12-24;/h2-8,13,22H,9-12H2,1H3;1H. The van der Waals surface area contributed by atoms with E-state index in [0.717, 1.165) is 42.8 Å². The summed E-state index contributed by atoms with van der Waals surface area (Å²) in [7, 11) is -3.73. The van der Waals surface area contributed by atoms with E-state index in [9.17, 15) is 8.42 Å². The molecule has 8 heteroatoms. The Morgan fingerprint density at radius 2 is 1.86 bits per heavy atom. The van der Waals surface area contributed by atoms with Crippen LogP contribution in [-0.2, 0) is 9.84 Å². The molecule has 1 saturated heterocycles. The van der Waals surface area contributed by atoms with Crippen LogP contribution in [0.1, 0.15) is 5.56 Å². The average molecular weight is 438 g/mol. The zero-order valence-electron chi connectivity index (χ0n) is 15.4. The summed E-state index contributed by atoms with van der Waals surface area (Å²) in [6.45, 7) is 5.31. The van der Waals surface area contributed by atoms with Gasteiger partial charge in [0, 0.05) is 43.4 Å². The number of sulfone groups is 1. The highest BCUT2D eigenvalue weighted by molar-refractivity contribution is 7.91. The minimum Gasteiger partial charge on any atom is -0.368 e. The van der Waals surface area contributed by atoms with Crippen LogP contribution in [0.3, 0.4) is 0 Å². The molecular weight excluding hydrogens is 417 g/mol. The zero-order valence-corrected chi connectivity index (χ0v) is 17.7. The van der Waals surface area contributed by atoms with Gasteiger partial charge in [-0.15, -0.1) is 12.4 Å². The van der Waals surface area contributed by atoms with Gasteiger partial charge in [-0.2, -0.15) is 0 Å². The molecule has 0 spiro atoms. The lowest BCUT2D eigenvalue weighted by atomic mass is 10.1. The smallest absolute Gasteiger partial charge is 0.208 e. The molecule has 1 aromatic heterocycles. The van der Waals surface area contributed by atoms with Crippen molar-refractivity contribution in [3.05, 3.63) is 59.2 Å². The molecule has 148 valence electrons. The van der Waals surface area contributed by atoms with Crippen LogP contribution in [0.4, 0.5) is 5.69 Å². The maximum absolute atomic E-state index is 13.3. The van der Waals surface area contributed by atoms with Gasteiger partial charge in [0.25, 0.3) is 0 Å². The third kappa shape index (κ3) is 3.70. The van der Waals surface area contributed by atoms with Crippen molar-refractivity contribution in [2.24, 2.45) is 0 Å². The number of rotatable bonds is 3. The van der Waals surface area contributed by atoms with E-state index in [2.05, 4.69) is 15.2 Å². The fourth-order valence-electron chi connectivity index (χ4n) is 3.53. The van der Waals surface area contributed by atoms with E-state index in [0.29, 0.717) is 5.56 Å². The van der Waals surface area contributed by atoms with Crippen LogP contribution in [0.15, 0.2) is 58.5 Å². The zero-order chi connectivity index (χ0) is 19.0. The number of pyridine rings is 1. The Labute approximate surface area is 176 Å². The molecule has 2 heterocycles. The molecule has 0 aliphatic carbocycles. The number of halogens is 2. The first-order chi connectivity index (χ1) is 13.0. The molecule has 1 aliphatic heterocycles. The van der Waals surface area contributed by atoms with Crippen LogP contribution in [0.2, 0.25) is 5.02 Å². The highest BCUT2D eigenvalue weighted by atomic mass is 35.5. The lowest BCUT2D eigenvalue weighted by molar-refractivity contribution is 0.590. The molecule has 0 atom stereocenters. The average Bonchev–Trinajstić information content (AvgIpc) is 2.67. The summed E-state index contributed by atoms with van der Waals surface area (Å²) >= 11 is 6.23. The van der Waals surface area contributed by atoms with Crippen molar-refractivity contribution in [3.8, 4) is 0 Å². The topological polar surface area (TPSA) is 62.3 Å². The van der Waals surface area contributed by atoms with Crippen LogP contribution in [-0.4, -0.2) is 39.6 Å². The molecule has 4 rings (SSSR count). The molecule has 2 aromatic carbocycles. The highest BCUT2D eigenvalue weighted by Crippen LogP contribution is 2.33. The number of nitrogens with zero attached hydrogens (tertiary/aromatic N) is 2. The Morgan fingerprint density at radius 3 is 2.57 bits per heavy atom. The van der Waals surface area contributed by atoms with E-state index in [-0.39, 0.29) is 27.2 Å². The summed E-state index contributed by atoms with van der Waals surface area (Å²) in [5.74, 6) is 0. The number of aryl methyl sites for hydroxylation is 1.